The van der Waals surface area contributed by atoms with Gasteiger partial charge in [0.2, 0.25) is 5.91 Å². The highest BCUT2D eigenvalue weighted by Gasteiger charge is 2.36. The van der Waals surface area contributed by atoms with Crippen molar-refractivity contribution in [1.29, 1.82) is 0 Å². The number of hydrogen-bond donors (Lipinski definition) is 0. The van der Waals surface area contributed by atoms with E-state index in [-0.39, 0.29) is 30.3 Å². The molecule has 5 rings (SSSR count). The van der Waals surface area contributed by atoms with E-state index in [1.54, 1.807) is 28.4 Å². The Morgan fingerprint density at radius 1 is 1.14 bits per heavy atom. The smallest absolute Gasteiger partial charge is 0.262 e. The molecular formula is C28H36N4O4S. The Kier molecular flexibility index (Phi) is 8.53. The maximum absolute atomic E-state index is 13.8. The lowest BCUT2D eigenvalue weighted by atomic mass is 10.0. The molecule has 0 spiro atoms. The third kappa shape index (κ3) is 6.22. The van der Waals surface area contributed by atoms with Gasteiger partial charge in [0, 0.05) is 38.5 Å². The van der Waals surface area contributed by atoms with Gasteiger partial charge in [-0.05, 0) is 42.0 Å². The molecule has 9 heteroatoms. The predicted molar refractivity (Wildman–Crippen MR) is 144 cm³/mol. The molecule has 3 aliphatic rings. The minimum Gasteiger partial charge on any atom is -0.497 e. The molecule has 1 aliphatic carbocycles. The zero-order valence-corrected chi connectivity index (χ0v) is 22.3. The minimum atomic E-state index is -0.210. The van der Waals surface area contributed by atoms with Crippen LogP contribution in [0.5, 0.6) is 5.75 Å². The third-order valence-electron chi connectivity index (χ3n) is 7.60. The van der Waals surface area contributed by atoms with Crippen LogP contribution in [0.15, 0.2) is 46.9 Å². The van der Waals surface area contributed by atoms with Crippen molar-refractivity contribution in [1.82, 2.24) is 14.8 Å². The molecule has 1 saturated carbocycles. The van der Waals surface area contributed by atoms with Gasteiger partial charge in [-0.1, -0.05) is 31.0 Å². The summed E-state index contributed by atoms with van der Waals surface area (Å²) in [5.74, 6) is 0.775. The van der Waals surface area contributed by atoms with Crippen LogP contribution in [0.1, 0.15) is 48.6 Å². The second-order valence-corrected chi connectivity index (χ2v) is 10.9. The van der Waals surface area contributed by atoms with E-state index in [2.05, 4.69) is 4.90 Å². The van der Waals surface area contributed by atoms with Crippen molar-refractivity contribution < 1.29 is 19.1 Å². The summed E-state index contributed by atoms with van der Waals surface area (Å²) in [4.78, 5) is 32.5. The number of nitrogens with zero attached hydrogens (tertiary/aromatic N) is 4. The van der Waals surface area contributed by atoms with Gasteiger partial charge in [-0.25, -0.2) is 5.01 Å². The molecule has 3 heterocycles. The van der Waals surface area contributed by atoms with Gasteiger partial charge < -0.3 is 14.4 Å². The highest BCUT2D eigenvalue weighted by atomic mass is 32.1. The number of methoxy groups -OCH3 is 1. The number of morpholine rings is 1. The summed E-state index contributed by atoms with van der Waals surface area (Å²) < 4.78 is 10.8. The molecule has 37 heavy (non-hydrogen) atoms. The number of thiophene rings is 1. The first-order chi connectivity index (χ1) is 18.1. The molecule has 0 bridgehead atoms. The van der Waals surface area contributed by atoms with E-state index < -0.39 is 0 Å². The molecule has 1 aromatic carbocycles. The van der Waals surface area contributed by atoms with Gasteiger partial charge in [0.15, 0.2) is 0 Å². The fourth-order valence-electron chi connectivity index (χ4n) is 5.44. The van der Waals surface area contributed by atoms with E-state index >= 15 is 0 Å². The molecule has 0 unspecified atom stereocenters. The van der Waals surface area contributed by atoms with Crippen LogP contribution in [0.4, 0.5) is 0 Å². The number of hydrazone groups is 1. The zero-order valence-electron chi connectivity index (χ0n) is 21.5. The van der Waals surface area contributed by atoms with Crippen LogP contribution in [0.2, 0.25) is 0 Å². The maximum Gasteiger partial charge on any atom is 0.262 e. The second kappa shape index (κ2) is 12.2. The van der Waals surface area contributed by atoms with Gasteiger partial charge in [-0.2, -0.15) is 5.10 Å². The van der Waals surface area contributed by atoms with Crippen LogP contribution in [-0.2, 0) is 14.3 Å². The van der Waals surface area contributed by atoms with Gasteiger partial charge in [0.25, 0.3) is 5.91 Å². The predicted octanol–water partition coefficient (Wildman–Crippen LogP) is 3.79. The van der Waals surface area contributed by atoms with Crippen LogP contribution in [-0.4, -0.2) is 85.4 Å². The fourth-order valence-corrected chi connectivity index (χ4v) is 6.16. The van der Waals surface area contributed by atoms with E-state index in [9.17, 15) is 9.59 Å². The van der Waals surface area contributed by atoms with E-state index in [4.69, 9.17) is 14.6 Å². The van der Waals surface area contributed by atoms with E-state index in [1.165, 1.54) is 0 Å². The Labute approximate surface area is 222 Å². The number of ether oxygens (including phenoxy) is 2. The summed E-state index contributed by atoms with van der Waals surface area (Å²) in [6, 6.07) is 11.7. The van der Waals surface area contributed by atoms with Crippen LogP contribution in [0.25, 0.3) is 0 Å². The Hall–Kier alpha value is -2.75. The summed E-state index contributed by atoms with van der Waals surface area (Å²) in [7, 11) is 1.64. The zero-order chi connectivity index (χ0) is 25.6. The number of rotatable bonds is 9. The SMILES string of the molecule is COc1ccc([C@H]2CC(c3cccs3)=NN2C(=O)CN(CCN2CCOCC2)C(=O)C2CCCC2)cc1. The topological polar surface area (TPSA) is 74.7 Å². The summed E-state index contributed by atoms with van der Waals surface area (Å²) >= 11 is 1.63. The first kappa shape index (κ1) is 25.9. The average Bonchev–Trinajstić information content (AvgIpc) is 3.73. The Morgan fingerprint density at radius 2 is 1.89 bits per heavy atom. The lowest BCUT2D eigenvalue weighted by Gasteiger charge is -2.32. The molecule has 1 saturated heterocycles. The monoisotopic (exact) mass is 524 g/mol. The van der Waals surface area contributed by atoms with Gasteiger partial charge in [0.05, 0.1) is 37.0 Å². The van der Waals surface area contributed by atoms with E-state index in [0.29, 0.717) is 26.2 Å². The first-order valence-corrected chi connectivity index (χ1v) is 14.2. The van der Waals surface area contributed by atoms with Gasteiger partial charge in [-0.3, -0.25) is 14.5 Å². The normalized spacial score (nSPS) is 20.7. The largest absolute Gasteiger partial charge is 0.497 e. The minimum absolute atomic E-state index is 0.0265. The molecular weight excluding hydrogens is 488 g/mol. The van der Waals surface area contributed by atoms with Crippen molar-refractivity contribution in [2.75, 3.05) is 53.0 Å². The maximum atomic E-state index is 13.8. The van der Waals surface area contributed by atoms with Crippen LogP contribution in [0.3, 0.4) is 0 Å². The van der Waals surface area contributed by atoms with Crippen molar-refractivity contribution >= 4 is 28.9 Å². The molecule has 1 aromatic heterocycles. The second-order valence-electron chi connectivity index (χ2n) is 9.95. The van der Waals surface area contributed by atoms with Crippen molar-refractivity contribution in [3.8, 4) is 5.75 Å². The number of hydrogen-bond acceptors (Lipinski definition) is 7. The number of amides is 2. The van der Waals surface area contributed by atoms with E-state index in [0.717, 1.165) is 67.2 Å². The van der Waals surface area contributed by atoms with Crippen molar-refractivity contribution in [3.05, 3.63) is 52.2 Å². The van der Waals surface area contributed by atoms with Gasteiger partial charge in [0.1, 0.15) is 12.3 Å². The standard InChI is InChI=1S/C28H36N4O4S/c1-35-23-10-8-21(9-11-23)25-19-24(26-7-4-18-37-26)29-32(25)27(33)20-31(28(34)22-5-2-3-6-22)13-12-30-14-16-36-17-15-30/h4,7-11,18,22,25H,2-3,5-6,12-17,19-20H2,1H3/t25-/m1/s1. The molecule has 198 valence electrons. The number of carbonyl (C=O) groups is 2. The fraction of sp³-hybridized carbons (Fsp3) is 0.536. The summed E-state index contributed by atoms with van der Waals surface area (Å²) in [5.41, 5.74) is 1.91. The molecule has 8 nitrogen and oxygen atoms in total. The molecule has 0 N–H and O–H groups in total. The van der Waals surface area contributed by atoms with Gasteiger partial charge in [-0.15, -0.1) is 11.3 Å². The lowest BCUT2D eigenvalue weighted by Crippen LogP contribution is -2.47. The third-order valence-corrected chi connectivity index (χ3v) is 8.52. The molecule has 2 fully saturated rings. The molecule has 2 aliphatic heterocycles. The van der Waals surface area contributed by atoms with Crippen LogP contribution >= 0.6 is 11.3 Å². The molecule has 1 atom stereocenters. The Balaban J connectivity index is 1.35. The number of carbonyl (C=O) groups excluding carboxylic acids is 2. The van der Waals surface area contributed by atoms with Gasteiger partial charge >= 0.3 is 0 Å². The quantitative estimate of drug-likeness (QED) is 0.499. The van der Waals surface area contributed by atoms with E-state index in [1.807, 2.05) is 41.8 Å². The molecule has 0 radical (unpaired) electrons. The Morgan fingerprint density at radius 3 is 2.57 bits per heavy atom. The summed E-state index contributed by atoms with van der Waals surface area (Å²) in [6.07, 6.45) is 4.65. The van der Waals surface area contributed by atoms with Crippen molar-refractivity contribution in [2.24, 2.45) is 11.0 Å². The average molecular weight is 525 g/mol. The van der Waals surface area contributed by atoms with Crippen LogP contribution in [0, 0.1) is 5.92 Å². The first-order valence-electron chi connectivity index (χ1n) is 13.3. The highest BCUT2D eigenvalue weighted by molar-refractivity contribution is 7.12. The molecule has 2 aromatic rings. The molecule has 2 amide bonds. The Bertz CT molecular complexity index is 1080. The lowest BCUT2D eigenvalue weighted by molar-refractivity contribution is -0.144. The number of benzene rings is 1. The van der Waals surface area contributed by atoms with Crippen molar-refractivity contribution in [3.63, 3.8) is 0 Å². The highest BCUT2D eigenvalue weighted by Crippen LogP contribution is 2.35. The van der Waals surface area contributed by atoms with Crippen molar-refractivity contribution in [2.45, 2.75) is 38.1 Å². The van der Waals surface area contributed by atoms with Crippen LogP contribution < -0.4 is 4.74 Å². The summed E-state index contributed by atoms with van der Waals surface area (Å²) in [6.45, 7) is 4.50. The summed E-state index contributed by atoms with van der Waals surface area (Å²) in [5, 5.41) is 8.44.